The third kappa shape index (κ3) is 4.72. The van der Waals surface area contributed by atoms with E-state index in [0.717, 1.165) is 27.1 Å². The number of halogens is 1. The fraction of sp³-hybridized carbons (Fsp3) is 0.333. The average Bonchev–Trinajstić information content (AvgIpc) is 3.23. The van der Waals surface area contributed by atoms with Gasteiger partial charge in [-0.2, -0.15) is 0 Å². The summed E-state index contributed by atoms with van der Waals surface area (Å²) < 4.78 is 19.1. The van der Waals surface area contributed by atoms with Crippen molar-refractivity contribution >= 4 is 23.1 Å². The third-order valence-corrected chi connectivity index (χ3v) is 7.65. The number of benzene rings is 2. The van der Waals surface area contributed by atoms with Crippen molar-refractivity contribution in [1.29, 1.82) is 0 Å². The summed E-state index contributed by atoms with van der Waals surface area (Å²) in [4.78, 5) is 2.25. The van der Waals surface area contributed by atoms with Crippen molar-refractivity contribution in [3.8, 4) is 10.4 Å². The molecular weight excluding hydrogens is 435 g/mol. The standard InChI is InChI=1S/C24H25FO4S2/c1-13-3-4-15(23-21(27)20(26)22(28)24(29-23)30-2)11-16(13)12-18-9-10-19(31-18)14-5-7-17(25)8-6-14/h3-11,20-24,26-28H,12H2,1-2H3. The van der Waals surface area contributed by atoms with Gasteiger partial charge in [0.15, 0.2) is 0 Å². The molecule has 2 heterocycles. The van der Waals surface area contributed by atoms with Gasteiger partial charge >= 0.3 is 0 Å². The summed E-state index contributed by atoms with van der Waals surface area (Å²) in [5.41, 5.74) is 3.37. The molecular formula is C24H25FO4S2. The van der Waals surface area contributed by atoms with Gasteiger partial charge in [-0.15, -0.1) is 23.1 Å². The average molecular weight is 461 g/mol. The van der Waals surface area contributed by atoms with E-state index in [1.54, 1.807) is 29.7 Å². The van der Waals surface area contributed by atoms with Crippen molar-refractivity contribution in [2.24, 2.45) is 0 Å². The number of ether oxygens (including phenoxy) is 1. The molecule has 1 aromatic heterocycles. The Bertz CT molecular complexity index is 1030. The number of hydrogen-bond donors (Lipinski definition) is 3. The SMILES string of the molecule is CSC1OC(c2ccc(C)c(Cc3ccc(-c4ccc(F)cc4)s3)c2)C(O)C(O)C1O. The maximum atomic E-state index is 13.2. The van der Waals surface area contributed by atoms with Crippen LogP contribution in [-0.2, 0) is 11.2 Å². The topological polar surface area (TPSA) is 69.9 Å². The molecule has 0 bridgehead atoms. The number of aryl methyl sites for hydroxylation is 1. The van der Waals surface area contributed by atoms with Crippen LogP contribution in [0.5, 0.6) is 0 Å². The molecule has 0 aliphatic carbocycles. The van der Waals surface area contributed by atoms with E-state index in [-0.39, 0.29) is 5.82 Å². The van der Waals surface area contributed by atoms with Crippen molar-refractivity contribution in [2.75, 3.05) is 6.26 Å². The minimum atomic E-state index is -1.27. The van der Waals surface area contributed by atoms with Gasteiger partial charge in [0.2, 0.25) is 0 Å². The third-order valence-electron chi connectivity index (χ3n) is 5.66. The lowest BCUT2D eigenvalue weighted by Crippen LogP contribution is -2.52. The maximum Gasteiger partial charge on any atom is 0.132 e. The van der Waals surface area contributed by atoms with Crippen LogP contribution in [0.3, 0.4) is 0 Å². The zero-order chi connectivity index (χ0) is 22.1. The van der Waals surface area contributed by atoms with E-state index in [4.69, 9.17) is 4.74 Å². The summed E-state index contributed by atoms with van der Waals surface area (Å²) >= 11 is 2.97. The van der Waals surface area contributed by atoms with Crippen LogP contribution in [0.15, 0.2) is 54.6 Å². The molecule has 3 N–H and O–H groups in total. The molecule has 5 unspecified atom stereocenters. The van der Waals surface area contributed by atoms with E-state index < -0.39 is 29.9 Å². The monoisotopic (exact) mass is 460 g/mol. The minimum Gasteiger partial charge on any atom is -0.387 e. The number of hydrogen-bond acceptors (Lipinski definition) is 6. The smallest absolute Gasteiger partial charge is 0.132 e. The van der Waals surface area contributed by atoms with Gasteiger partial charge in [0.25, 0.3) is 0 Å². The second-order valence-electron chi connectivity index (χ2n) is 7.77. The Morgan fingerprint density at radius 2 is 1.71 bits per heavy atom. The molecule has 3 aromatic rings. The lowest BCUT2D eigenvalue weighted by atomic mass is 9.92. The molecule has 1 fully saturated rings. The molecule has 4 rings (SSSR count). The quantitative estimate of drug-likeness (QED) is 0.530. The van der Waals surface area contributed by atoms with E-state index >= 15 is 0 Å². The molecule has 4 nitrogen and oxygen atoms in total. The molecule has 7 heteroatoms. The molecule has 164 valence electrons. The Balaban J connectivity index is 1.57. The summed E-state index contributed by atoms with van der Waals surface area (Å²) in [6.07, 6.45) is -1.82. The molecule has 0 radical (unpaired) electrons. The van der Waals surface area contributed by atoms with Gasteiger partial charge in [-0.25, -0.2) is 4.39 Å². The number of thioether (sulfide) groups is 1. The van der Waals surface area contributed by atoms with Gasteiger partial charge in [0, 0.05) is 16.2 Å². The Morgan fingerprint density at radius 3 is 2.42 bits per heavy atom. The second-order valence-corrected chi connectivity index (χ2v) is 9.87. The number of aliphatic hydroxyl groups excluding tert-OH is 3. The lowest BCUT2D eigenvalue weighted by molar-refractivity contribution is -0.200. The number of thiophene rings is 1. The van der Waals surface area contributed by atoms with Gasteiger partial charge in [-0.1, -0.05) is 30.3 Å². The highest BCUT2D eigenvalue weighted by atomic mass is 32.2. The Kier molecular flexibility index (Phi) is 6.81. The van der Waals surface area contributed by atoms with Crippen molar-refractivity contribution in [1.82, 2.24) is 0 Å². The first-order valence-corrected chi connectivity index (χ1v) is 12.1. The van der Waals surface area contributed by atoms with Gasteiger partial charge in [-0.05, 0) is 59.7 Å². The number of aliphatic hydroxyl groups is 3. The van der Waals surface area contributed by atoms with E-state index in [1.807, 2.05) is 31.2 Å². The largest absolute Gasteiger partial charge is 0.387 e. The van der Waals surface area contributed by atoms with Crippen LogP contribution in [0.4, 0.5) is 4.39 Å². The van der Waals surface area contributed by atoms with Crippen LogP contribution < -0.4 is 0 Å². The van der Waals surface area contributed by atoms with Crippen LogP contribution in [0.2, 0.25) is 0 Å². The molecule has 2 aromatic carbocycles. The molecule has 0 amide bonds. The molecule has 0 spiro atoms. The first-order chi connectivity index (χ1) is 14.9. The predicted molar refractivity (Wildman–Crippen MR) is 123 cm³/mol. The fourth-order valence-electron chi connectivity index (χ4n) is 3.81. The van der Waals surface area contributed by atoms with Gasteiger partial charge < -0.3 is 20.1 Å². The van der Waals surface area contributed by atoms with Crippen molar-refractivity contribution < 1.29 is 24.4 Å². The van der Waals surface area contributed by atoms with E-state index in [0.29, 0.717) is 6.42 Å². The zero-order valence-corrected chi connectivity index (χ0v) is 18.9. The summed E-state index contributed by atoms with van der Waals surface area (Å²) in [5, 5.41) is 30.9. The Labute approximate surface area is 189 Å². The van der Waals surface area contributed by atoms with Crippen LogP contribution in [-0.4, -0.2) is 45.3 Å². The van der Waals surface area contributed by atoms with Crippen molar-refractivity contribution in [3.63, 3.8) is 0 Å². The van der Waals surface area contributed by atoms with E-state index in [9.17, 15) is 19.7 Å². The first-order valence-electron chi connectivity index (χ1n) is 10.0. The Morgan fingerprint density at radius 1 is 0.968 bits per heavy atom. The maximum absolute atomic E-state index is 13.2. The van der Waals surface area contributed by atoms with Gasteiger partial charge in [0.05, 0.1) is 0 Å². The summed E-state index contributed by atoms with van der Waals surface area (Å²) in [7, 11) is 0. The minimum absolute atomic E-state index is 0.249. The summed E-state index contributed by atoms with van der Waals surface area (Å²) in [6.45, 7) is 2.04. The molecule has 31 heavy (non-hydrogen) atoms. The molecule has 1 saturated heterocycles. The Hall–Kier alpha value is -1.74. The van der Waals surface area contributed by atoms with Crippen LogP contribution >= 0.6 is 23.1 Å². The fourth-order valence-corrected chi connectivity index (χ4v) is 5.51. The van der Waals surface area contributed by atoms with Gasteiger partial charge in [0.1, 0.15) is 35.7 Å². The van der Waals surface area contributed by atoms with Crippen LogP contribution in [0, 0.1) is 12.7 Å². The van der Waals surface area contributed by atoms with Crippen LogP contribution in [0.1, 0.15) is 27.7 Å². The molecule has 1 aliphatic heterocycles. The highest BCUT2D eigenvalue weighted by Crippen LogP contribution is 2.37. The summed E-state index contributed by atoms with van der Waals surface area (Å²) in [6, 6.07) is 16.5. The lowest BCUT2D eigenvalue weighted by Gasteiger charge is -2.40. The zero-order valence-electron chi connectivity index (χ0n) is 17.2. The highest BCUT2D eigenvalue weighted by Gasteiger charge is 2.44. The molecule has 5 atom stereocenters. The number of rotatable bonds is 5. The van der Waals surface area contributed by atoms with E-state index in [1.165, 1.54) is 28.8 Å². The highest BCUT2D eigenvalue weighted by molar-refractivity contribution is 7.99. The normalized spacial score (nSPS) is 26.2. The van der Waals surface area contributed by atoms with Gasteiger partial charge in [-0.3, -0.25) is 0 Å². The first kappa shape index (κ1) is 22.5. The predicted octanol–water partition coefficient (Wildman–Crippen LogP) is 4.30. The second kappa shape index (κ2) is 9.40. The van der Waals surface area contributed by atoms with Crippen molar-refractivity contribution in [2.45, 2.75) is 43.2 Å². The van der Waals surface area contributed by atoms with Crippen molar-refractivity contribution in [3.05, 3.63) is 82.0 Å². The molecule has 1 aliphatic rings. The van der Waals surface area contributed by atoms with E-state index in [2.05, 4.69) is 6.07 Å². The summed E-state index contributed by atoms with van der Waals surface area (Å²) in [5.74, 6) is -0.249. The molecule has 0 saturated carbocycles. The van der Waals surface area contributed by atoms with Crippen LogP contribution in [0.25, 0.3) is 10.4 Å².